The van der Waals surface area contributed by atoms with Crippen molar-refractivity contribution < 1.29 is 9.72 Å². The third-order valence-electron chi connectivity index (χ3n) is 4.60. The molecule has 1 unspecified atom stereocenters. The van der Waals surface area contributed by atoms with E-state index in [0.29, 0.717) is 5.39 Å². The van der Waals surface area contributed by atoms with Crippen LogP contribution in [-0.2, 0) is 4.79 Å². The molecule has 3 rings (SSSR count). The Morgan fingerprint density at radius 2 is 1.66 bits per heavy atom. The molecule has 0 aliphatic heterocycles. The highest BCUT2D eigenvalue weighted by molar-refractivity contribution is 5.88. The molecule has 1 N–H and O–H groups in total. The van der Waals surface area contributed by atoms with Crippen molar-refractivity contribution in [2.45, 2.75) is 39.3 Å². The third-order valence-corrected chi connectivity index (χ3v) is 4.60. The van der Waals surface area contributed by atoms with E-state index in [1.165, 1.54) is 22.8 Å². The minimum absolute atomic E-state index is 0.163. The van der Waals surface area contributed by atoms with Gasteiger partial charge in [0.2, 0.25) is 5.91 Å². The molecule has 0 saturated carbocycles. The van der Waals surface area contributed by atoms with Gasteiger partial charge in [0.15, 0.2) is 0 Å². The largest absolute Gasteiger partial charge is 0.349 e. The number of benzene rings is 2. The normalized spacial score (nSPS) is 12.6. The second kappa shape index (κ2) is 7.50. The molecule has 1 heterocycles. The maximum Gasteiger partial charge on any atom is 0.275 e. The summed E-state index contributed by atoms with van der Waals surface area (Å²) in [6.07, 6.45) is 1.59. The Hall–Kier alpha value is -3.48. The van der Waals surface area contributed by atoms with Gasteiger partial charge in [0.05, 0.1) is 10.5 Å². The molecule has 2 aromatic carbocycles. The van der Waals surface area contributed by atoms with E-state index in [2.05, 4.69) is 5.32 Å². The monoisotopic (exact) mass is 393 g/mol. The summed E-state index contributed by atoms with van der Waals surface area (Å²) >= 11 is 0. The van der Waals surface area contributed by atoms with Gasteiger partial charge in [-0.15, -0.1) is 0 Å². The van der Waals surface area contributed by atoms with Crippen molar-refractivity contribution in [1.82, 2.24) is 9.88 Å². The van der Waals surface area contributed by atoms with Gasteiger partial charge in [0, 0.05) is 23.2 Å². The fourth-order valence-electron chi connectivity index (χ4n) is 3.42. The lowest BCUT2D eigenvalue weighted by Crippen LogP contribution is -2.46. The number of aromatic nitrogens is 1. The van der Waals surface area contributed by atoms with Crippen LogP contribution in [0.25, 0.3) is 10.8 Å². The summed E-state index contributed by atoms with van der Waals surface area (Å²) in [6, 6.07) is 12.0. The van der Waals surface area contributed by atoms with E-state index in [0.717, 1.165) is 10.9 Å². The molecule has 0 aliphatic carbocycles. The number of hydrogen-bond donors (Lipinski definition) is 1. The molecule has 1 aromatic heterocycles. The molecule has 150 valence electrons. The van der Waals surface area contributed by atoms with Crippen LogP contribution >= 0.6 is 0 Å². The van der Waals surface area contributed by atoms with Gasteiger partial charge >= 0.3 is 0 Å². The molecule has 0 spiro atoms. The number of amides is 1. The Balaban J connectivity index is 2.32. The average Bonchev–Trinajstić information content (AvgIpc) is 2.65. The van der Waals surface area contributed by atoms with Crippen LogP contribution < -0.4 is 10.9 Å². The van der Waals surface area contributed by atoms with Crippen LogP contribution in [0.4, 0.5) is 5.69 Å². The van der Waals surface area contributed by atoms with Crippen molar-refractivity contribution in [1.29, 1.82) is 0 Å². The van der Waals surface area contributed by atoms with Crippen LogP contribution in [-0.4, -0.2) is 20.9 Å². The number of nitrogens with zero attached hydrogens (tertiary/aromatic N) is 2. The van der Waals surface area contributed by atoms with Crippen LogP contribution in [0, 0.1) is 17.0 Å². The van der Waals surface area contributed by atoms with Gasteiger partial charge in [-0.2, -0.15) is 0 Å². The molecule has 0 fully saturated rings. The van der Waals surface area contributed by atoms with Crippen LogP contribution in [0.3, 0.4) is 0 Å². The Labute approximate surface area is 168 Å². The highest BCUT2D eigenvalue weighted by Crippen LogP contribution is 2.29. The number of fused-ring (bicyclic) bond motifs is 1. The number of hydrogen-bond acceptors (Lipinski definition) is 4. The number of para-hydroxylation sites is 1. The van der Waals surface area contributed by atoms with E-state index in [9.17, 15) is 19.7 Å². The summed E-state index contributed by atoms with van der Waals surface area (Å²) in [5, 5.41) is 15.7. The van der Waals surface area contributed by atoms with E-state index in [1.54, 1.807) is 24.4 Å². The molecule has 1 atom stereocenters. The zero-order valence-electron chi connectivity index (χ0n) is 16.8. The fourth-order valence-corrected chi connectivity index (χ4v) is 3.42. The number of nitrogens with one attached hydrogen (secondary N) is 1. The molecule has 0 radical (unpaired) electrons. The number of rotatable bonds is 4. The zero-order chi connectivity index (χ0) is 21.3. The molecule has 0 saturated heterocycles. The first-order valence-electron chi connectivity index (χ1n) is 9.26. The topological polar surface area (TPSA) is 94.2 Å². The standard InChI is InChI=1S/C22H23N3O4/c1-14-13-24(21(27)16-10-6-5-9-15(14)16)19(20(26)23-22(2,3)4)17-11-7-8-12-18(17)25(28)29/h5-13,19H,1-4H3,(H,23,26). The molecular weight excluding hydrogens is 370 g/mol. The molecule has 29 heavy (non-hydrogen) atoms. The molecule has 1 amide bonds. The summed E-state index contributed by atoms with van der Waals surface area (Å²) in [5.41, 5.74) is -0.199. The number of carbonyl (C=O) groups is 1. The number of carbonyl (C=O) groups excluding carboxylic acids is 1. The first-order chi connectivity index (χ1) is 13.6. The minimum Gasteiger partial charge on any atom is -0.349 e. The molecular formula is C22H23N3O4. The molecule has 0 bridgehead atoms. The summed E-state index contributed by atoms with van der Waals surface area (Å²) in [7, 11) is 0. The van der Waals surface area contributed by atoms with Gasteiger partial charge in [-0.25, -0.2) is 0 Å². The summed E-state index contributed by atoms with van der Waals surface area (Å²) in [4.78, 5) is 37.6. The lowest BCUT2D eigenvalue weighted by Gasteiger charge is -2.26. The predicted octanol–water partition coefficient (Wildman–Crippen LogP) is 3.72. The minimum atomic E-state index is -1.17. The van der Waals surface area contributed by atoms with Crippen molar-refractivity contribution in [3.05, 3.63) is 86.3 Å². The van der Waals surface area contributed by atoms with Gasteiger partial charge < -0.3 is 5.32 Å². The smallest absolute Gasteiger partial charge is 0.275 e. The zero-order valence-corrected chi connectivity index (χ0v) is 16.8. The second-order valence-electron chi connectivity index (χ2n) is 8.03. The van der Waals surface area contributed by atoms with Crippen molar-refractivity contribution in [2.24, 2.45) is 0 Å². The number of aryl methyl sites for hydroxylation is 1. The maximum atomic E-state index is 13.3. The molecule has 3 aromatic rings. The Morgan fingerprint density at radius 1 is 1.07 bits per heavy atom. The average molecular weight is 393 g/mol. The van der Waals surface area contributed by atoms with Gasteiger partial charge in [0.25, 0.3) is 11.2 Å². The number of pyridine rings is 1. The number of nitro groups is 1. The van der Waals surface area contributed by atoms with Crippen LogP contribution in [0.5, 0.6) is 0 Å². The lowest BCUT2D eigenvalue weighted by atomic mass is 10.00. The third kappa shape index (κ3) is 4.03. The number of nitro benzene ring substituents is 1. The van der Waals surface area contributed by atoms with E-state index in [-0.39, 0.29) is 16.8 Å². The van der Waals surface area contributed by atoms with Crippen molar-refractivity contribution in [3.8, 4) is 0 Å². The predicted molar refractivity (Wildman–Crippen MR) is 112 cm³/mol. The van der Waals surface area contributed by atoms with Gasteiger partial charge in [-0.05, 0) is 50.8 Å². The van der Waals surface area contributed by atoms with E-state index < -0.39 is 22.4 Å². The van der Waals surface area contributed by atoms with Crippen molar-refractivity contribution in [3.63, 3.8) is 0 Å². The maximum absolute atomic E-state index is 13.3. The lowest BCUT2D eigenvalue weighted by molar-refractivity contribution is -0.385. The molecule has 0 aliphatic rings. The second-order valence-corrected chi connectivity index (χ2v) is 8.03. The van der Waals surface area contributed by atoms with E-state index >= 15 is 0 Å². The first-order valence-corrected chi connectivity index (χ1v) is 9.26. The molecule has 7 heteroatoms. The van der Waals surface area contributed by atoms with Gasteiger partial charge in [-0.3, -0.25) is 24.3 Å². The highest BCUT2D eigenvalue weighted by Gasteiger charge is 2.32. The van der Waals surface area contributed by atoms with E-state index in [4.69, 9.17) is 0 Å². The summed E-state index contributed by atoms with van der Waals surface area (Å²) < 4.78 is 1.29. The first kappa shape index (κ1) is 20.3. The molecule has 7 nitrogen and oxygen atoms in total. The van der Waals surface area contributed by atoms with Gasteiger partial charge in [0.1, 0.15) is 6.04 Å². The summed E-state index contributed by atoms with van der Waals surface area (Å²) in [5.74, 6) is -0.483. The van der Waals surface area contributed by atoms with E-state index in [1.807, 2.05) is 39.8 Å². The van der Waals surface area contributed by atoms with Crippen LogP contribution in [0.15, 0.2) is 59.5 Å². The fraction of sp³-hybridized carbons (Fsp3) is 0.273. The Bertz CT molecular complexity index is 1160. The van der Waals surface area contributed by atoms with Crippen LogP contribution in [0.1, 0.15) is 37.9 Å². The Morgan fingerprint density at radius 3 is 2.28 bits per heavy atom. The van der Waals surface area contributed by atoms with Crippen LogP contribution in [0.2, 0.25) is 0 Å². The quantitative estimate of drug-likeness (QED) is 0.540. The van der Waals surface area contributed by atoms with Crippen molar-refractivity contribution in [2.75, 3.05) is 0 Å². The SMILES string of the molecule is Cc1cn(C(C(=O)NC(C)(C)C)c2ccccc2[N+](=O)[O-])c(=O)c2ccccc12. The van der Waals surface area contributed by atoms with Gasteiger partial charge in [-0.1, -0.05) is 30.3 Å². The Kier molecular flexibility index (Phi) is 5.24. The summed E-state index contributed by atoms with van der Waals surface area (Å²) in [6.45, 7) is 7.29. The van der Waals surface area contributed by atoms with Crippen molar-refractivity contribution >= 4 is 22.4 Å². The highest BCUT2D eigenvalue weighted by atomic mass is 16.6.